The highest BCUT2D eigenvalue weighted by molar-refractivity contribution is 6.29. The molecule has 0 unspecified atom stereocenters. The van der Waals surface area contributed by atoms with Crippen molar-refractivity contribution < 1.29 is 22.6 Å². The summed E-state index contributed by atoms with van der Waals surface area (Å²) in [4.78, 5) is 0. The molecule has 19 heavy (non-hydrogen) atoms. The van der Waals surface area contributed by atoms with E-state index in [0.29, 0.717) is 5.75 Å². The van der Waals surface area contributed by atoms with Gasteiger partial charge in [0.1, 0.15) is 11.5 Å². The third-order valence-electron chi connectivity index (χ3n) is 1.89. The van der Waals surface area contributed by atoms with E-state index in [-0.39, 0.29) is 16.8 Å². The summed E-state index contributed by atoms with van der Waals surface area (Å²) < 4.78 is 44.8. The Morgan fingerprint density at radius 2 is 1.53 bits per heavy atom. The predicted octanol–water partition coefficient (Wildman–Crippen LogP) is 3.82. The van der Waals surface area contributed by atoms with Crippen LogP contribution in [0, 0.1) is 0 Å². The van der Waals surface area contributed by atoms with Crippen molar-refractivity contribution in [3.8, 4) is 17.4 Å². The van der Waals surface area contributed by atoms with Crippen LogP contribution in [0.5, 0.6) is 17.4 Å². The summed E-state index contributed by atoms with van der Waals surface area (Å²) in [7, 11) is 0. The molecule has 0 atom stereocenters. The molecule has 0 aliphatic rings. The fraction of sp³-hybridized carbons (Fsp3) is 0.0909. The number of alkyl halides is 3. The number of benzene rings is 1. The summed E-state index contributed by atoms with van der Waals surface area (Å²) in [5, 5.41) is 7.41. The van der Waals surface area contributed by atoms with Gasteiger partial charge in [-0.3, -0.25) is 0 Å². The molecule has 1 aromatic heterocycles. The largest absolute Gasteiger partial charge is 0.573 e. The summed E-state index contributed by atoms with van der Waals surface area (Å²) in [6.07, 6.45) is -4.72. The van der Waals surface area contributed by atoms with Crippen molar-refractivity contribution in [1.82, 2.24) is 10.2 Å². The Hall–Kier alpha value is -2.02. The average Bonchev–Trinajstić information content (AvgIpc) is 2.33. The second-order valence-electron chi connectivity index (χ2n) is 3.32. The number of rotatable bonds is 3. The first kappa shape index (κ1) is 13.4. The summed E-state index contributed by atoms with van der Waals surface area (Å²) in [6.45, 7) is 0. The smallest absolute Gasteiger partial charge is 0.438 e. The molecule has 0 bridgehead atoms. The van der Waals surface area contributed by atoms with Crippen LogP contribution in [0.15, 0.2) is 36.4 Å². The molecule has 0 saturated heterocycles. The van der Waals surface area contributed by atoms with Gasteiger partial charge in [0.25, 0.3) is 0 Å². The van der Waals surface area contributed by atoms with E-state index in [1.807, 2.05) is 0 Å². The minimum atomic E-state index is -4.72. The molecule has 0 fully saturated rings. The topological polar surface area (TPSA) is 44.2 Å². The van der Waals surface area contributed by atoms with E-state index < -0.39 is 6.36 Å². The van der Waals surface area contributed by atoms with Crippen LogP contribution in [0.25, 0.3) is 0 Å². The molecule has 4 nitrogen and oxygen atoms in total. The van der Waals surface area contributed by atoms with Crippen molar-refractivity contribution in [3.63, 3.8) is 0 Å². The molecule has 1 aromatic carbocycles. The normalized spacial score (nSPS) is 11.2. The quantitative estimate of drug-likeness (QED) is 0.862. The molecule has 0 aliphatic heterocycles. The highest BCUT2D eigenvalue weighted by atomic mass is 35.5. The number of halogens is 4. The molecule has 2 aromatic rings. The minimum absolute atomic E-state index is 0.175. The number of aromatic nitrogens is 2. The average molecular weight is 291 g/mol. The van der Waals surface area contributed by atoms with Crippen molar-refractivity contribution in [3.05, 3.63) is 41.6 Å². The van der Waals surface area contributed by atoms with Gasteiger partial charge in [0.05, 0.1) is 0 Å². The molecular formula is C11H6ClF3N2O2. The van der Waals surface area contributed by atoms with E-state index in [9.17, 15) is 13.2 Å². The SMILES string of the molecule is FC(F)(F)Oc1ccc(Oc2ccc(Cl)nn2)cc1. The summed E-state index contributed by atoms with van der Waals surface area (Å²) >= 11 is 5.54. The van der Waals surface area contributed by atoms with Crippen molar-refractivity contribution >= 4 is 11.6 Å². The fourth-order valence-electron chi connectivity index (χ4n) is 1.19. The van der Waals surface area contributed by atoms with Crippen LogP contribution in [0.1, 0.15) is 0 Å². The first-order chi connectivity index (χ1) is 8.92. The van der Waals surface area contributed by atoms with Crippen molar-refractivity contribution in [2.45, 2.75) is 6.36 Å². The molecule has 8 heteroatoms. The van der Waals surface area contributed by atoms with Crippen LogP contribution < -0.4 is 9.47 Å². The van der Waals surface area contributed by atoms with Crippen molar-refractivity contribution in [2.24, 2.45) is 0 Å². The Kier molecular flexibility index (Phi) is 3.75. The second-order valence-corrected chi connectivity index (χ2v) is 3.70. The van der Waals surface area contributed by atoms with Gasteiger partial charge in [-0.25, -0.2) is 0 Å². The molecule has 1 heterocycles. The van der Waals surface area contributed by atoms with E-state index in [1.54, 1.807) is 0 Å². The zero-order valence-electron chi connectivity index (χ0n) is 9.19. The predicted molar refractivity (Wildman–Crippen MR) is 60.2 cm³/mol. The van der Waals surface area contributed by atoms with E-state index in [0.717, 1.165) is 12.1 Å². The summed E-state index contributed by atoms with van der Waals surface area (Å²) in [5.41, 5.74) is 0. The standard InChI is InChI=1S/C11H6ClF3N2O2/c12-9-5-6-10(17-16-9)18-7-1-3-8(4-2-7)19-11(13,14)15/h1-6H. The van der Waals surface area contributed by atoms with Crippen LogP contribution in [0.3, 0.4) is 0 Å². The van der Waals surface area contributed by atoms with Gasteiger partial charge in [-0.05, 0) is 30.3 Å². The van der Waals surface area contributed by atoms with Gasteiger partial charge < -0.3 is 9.47 Å². The zero-order chi connectivity index (χ0) is 13.9. The lowest BCUT2D eigenvalue weighted by Gasteiger charge is -2.09. The van der Waals surface area contributed by atoms with Gasteiger partial charge >= 0.3 is 6.36 Å². The van der Waals surface area contributed by atoms with Gasteiger partial charge in [0.15, 0.2) is 5.15 Å². The van der Waals surface area contributed by atoms with Gasteiger partial charge in [-0.1, -0.05) is 11.6 Å². The van der Waals surface area contributed by atoms with Crippen molar-refractivity contribution in [1.29, 1.82) is 0 Å². The molecule has 0 saturated carbocycles. The molecule has 0 aliphatic carbocycles. The Morgan fingerprint density at radius 3 is 2.05 bits per heavy atom. The Balaban J connectivity index is 2.04. The zero-order valence-corrected chi connectivity index (χ0v) is 9.94. The third-order valence-corrected chi connectivity index (χ3v) is 2.09. The highest BCUT2D eigenvalue weighted by Gasteiger charge is 2.30. The van der Waals surface area contributed by atoms with Gasteiger partial charge in [0, 0.05) is 6.07 Å². The van der Waals surface area contributed by atoms with Crippen molar-refractivity contribution in [2.75, 3.05) is 0 Å². The third kappa shape index (κ3) is 4.29. The number of nitrogens with zero attached hydrogens (tertiary/aromatic N) is 2. The lowest BCUT2D eigenvalue weighted by molar-refractivity contribution is -0.274. The van der Waals surface area contributed by atoms with E-state index in [2.05, 4.69) is 14.9 Å². The molecule has 0 spiro atoms. The molecule has 2 rings (SSSR count). The number of ether oxygens (including phenoxy) is 2. The molecule has 0 radical (unpaired) electrons. The first-order valence-corrected chi connectivity index (χ1v) is 5.33. The van der Waals surface area contributed by atoms with Gasteiger partial charge in [-0.15, -0.1) is 23.4 Å². The molecular weight excluding hydrogens is 285 g/mol. The van der Waals surface area contributed by atoms with Gasteiger partial charge in [-0.2, -0.15) is 0 Å². The lowest BCUT2D eigenvalue weighted by atomic mass is 10.3. The fourth-order valence-corrected chi connectivity index (χ4v) is 1.29. The summed E-state index contributed by atoms with van der Waals surface area (Å²) in [5.74, 6) is 0.141. The van der Waals surface area contributed by atoms with Crippen LogP contribution in [-0.4, -0.2) is 16.6 Å². The second kappa shape index (κ2) is 5.31. The maximum Gasteiger partial charge on any atom is 0.573 e. The Labute approximate surface area is 110 Å². The lowest BCUT2D eigenvalue weighted by Crippen LogP contribution is -2.16. The monoisotopic (exact) mass is 290 g/mol. The highest BCUT2D eigenvalue weighted by Crippen LogP contribution is 2.26. The maximum absolute atomic E-state index is 11.9. The Morgan fingerprint density at radius 1 is 0.895 bits per heavy atom. The number of hydrogen-bond acceptors (Lipinski definition) is 4. The van der Waals surface area contributed by atoms with Crippen LogP contribution >= 0.6 is 11.6 Å². The van der Waals surface area contributed by atoms with Crippen LogP contribution in [-0.2, 0) is 0 Å². The molecule has 0 N–H and O–H groups in total. The van der Waals surface area contributed by atoms with Gasteiger partial charge in [0.2, 0.25) is 5.88 Å². The summed E-state index contributed by atoms with van der Waals surface area (Å²) in [6, 6.07) is 7.85. The maximum atomic E-state index is 11.9. The minimum Gasteiger partial charge on any atom is -0.438 e. The van der Waals surface area contributed by atoms with E-state index in [4.69, 9.17) is 16.3 Å². The number of hydrogen-bond donors (Lipinski definition) is 0. The first-order valence-electron chi connectivity index (χ1n) is 4.95. The Bertz CT molecular complexity index is 543. The van der Waals surface area contributed by atoms with E-state index in [1.165, 1.54) is 24.3 Å². The molecule has 0 amide bonds. The molecule has 100 valence electrons. The van der Waals surface area contributed by atoms with Crippen LogP contribution in [0.2, 0.25) is 5.15 Å². The van der Waals surface area contributed by atoms with E-state index >= 15 is 0 Å². The van der Waals surface area contributed by atoms with Crippen LogP contribution in [0.4, 0.5) is 13.2 Å².